The van der Waals surface area contributed by atoms with Gasteiger partial charge in [0.25, 0.3) is 5.88 Å². The number of methoxy groups -OCH3 is 1. The monoisotopic (exact) mass is 427 g/mol. The van der Waals surface area contributed by atoms with E-state index in [0.717, 1.165) is 18.4 Å². The number of hydrogen-bond acceptors (Lipinski definition) is 10. The van der Waals surface area contributed by atoms with E-state index in [9.17, 15) is 4.79 Å². The van der Waals surface area contributed by atoms with Crippen LogP contribution >= 0.6 is 0 Å². The average molecular weight is 427 g/mol. The van der Waals surface area contributed by atoms with E-state index in [-0.39, 0.29) is 17.7 Å². The summed E-state index contributed by atoms with van der Waals surface area (Å²) < 4.78 is 17.3. The van der Waals surface area contributed by atoms with Crippen molar-refractivity contribution in [3.05, 3.63) is 30.2 Å². The van der Waals surface area contributed by atoms with Crippen LogP contribution in [0, 0.1) is 11.3 Å². The smallest absolute Gasteiger partial charge is 0.330 e. The van der Waals surface area contributed by atoms with Crippen molar-refractivity contribution in [2.45, 2.75) is 38.8 Å². The molecule has 31 heavy (non-hydrogen) atoms. The van der Waals surface area contributed by atoms with E-state index < -0.39 is 12.0 Å². The zero-order valence-corrected chi connectivity index (χ0v) is 17.7. The molecule has 3 heterocycles. The maximum absolute atomic E-state index is 11.9. The first-order valence-corrected chi connectivity index (χ1v) is 9.85. The number of rotatable bonds is 10. The third-order valence-corrected chi connectivity index (χ3v) is 4.56. The van der Waals surface area contributed by atoms with Crippen LogP contribution in [0.5, 0.6) is 5.88 Å². The highest BCUT2D eigenvalue weighted by atomic mass is 16.6. The van der Waals surface area contributed by atoms with Crippen LogP contribution in [0.1, 0.15) is 31.9 Å². The predicted molar refractivity (Wildman–Crippen MR) is 112 cm³/mol. The molecule has 3 rings (SSSR count). The van der Waals surface area contributed by atoms with Crippen LogP contribution in [-0.2, 0) is 20.7 Å². The van der Waals surface area contributed by atoms with Gasteiger partial charge in [0, 0.05) is 11.8 Å². The second kappa shape index (κ2) is 9.90. The van der Waals surface area contributed by atoms with Crippen molar-refractivity contribution in [1.82, 2.24) is 19.7 Å². The number of nitrogens with one attached hydrogen (secondary N) is 2. The number of esters is 1. The number of nitriles is 1. The molecule has 0 aromatic carbocycles. The molecule has 1 unspecified atom stereocenters. The minimum atomic E-state index is -0.649. The summed E-state index contributed by atoms with van der Waals surface area (Å²) in [4.78, 5) is 20.8. The fraction of sp³-hybridized carbons (Fsp3) is 0.450. The number of aromatic nitrogens is 4. The van der Waals surface area contributed by atoms with Crippen LogP contribution in [0.4, 0.5) is 17.5 Å². The first kappa shape index (κ1) is 22.0. The lowest BCUT2D eigenvalue weighted by atomic mass is 10.2. The van der Waals surface area contributed by atoms with E-state index in [1.54, 1.807) is 19.3 Å². The summed E-state index contributed by atoms with van der Waals surface area (Å²) in [7, 11) is 1.32. The van der Waals surface area contributed by atoms with E-state index >= 15 is 0 Å². The number of anilines is 3. The molecule has 0 amide bonds. The van der Waals surface area contributed by atoms with E-state index in [4.69, 9.17) is 19.5 Å². The zero-order chi connectivity index (χ0) is 22.4. The van der Waals surface area contributed by atoms with E-state index in [1.807, 2.05) is 13.0 Å². The molecule has 0 bridgehead atoms. The van der Waals surface area contributed by atoms with Gasteiger partial charge < -0.3 is 24.8 Å². The van der Waals surface area contributed by atoms with Crippen molar-refractivity contribution >= 4 is 23.4 Å². The SMILES string of the molecule is C=C(C#N)Nc1nc(Nc2cn(C(C)C(=O)OC)nc2OC2COC2)ncc1CCC. The minimum absolute atomic E-state index is 0.124. The Morgan fingerprint density at radius 3 is 2.90 bits per heavy atom. The molecule has 2 N–H and O–H groups in total. The van der Waals surface area contributed by atoms with Crippen molar-refractivity contribution in [3.8, 4) is 11.9 Å². The van der Waals surface area contributed by atoms with Crippen molar-refractivity contribution in [2.75, 3.05) is 31.0 Å². The Morgan fingerprint density at radius 1 is 1.52 bits per heavy atom. The molecule has 164 valence electrons. The Kier molecular flexibility index (Phi) is 7.04. The topological polar surface area (TPSA) is 136 Å². The van der Waals surface area contributed by atoms with Gasteiger partial charge in [0.15, 0.2) is 0 Å². The van der Waals surface area contributed by atoms with Crippen LogP contribution < -0.4 is 15.4 Å². The van der Waals surface area contributed by atoms with Crippen LogP contribution in [0.3, 0.4) is 0 Å². The number of nitrogens with zero attached hydrogens (tertiary/aromatic N) is 5. The fourth-order valence-corrected chi connectivity index (χ4v) is 2.78. The highest BCUT2D eigenvalue weighted by molar-refractivity contribution is 5.74. The van der Waals surface area contributed by atoms with Crippen molar-refractivity contribution in [2.24, 2.45) is 0 Å². The van der Waals surface area contributed by atoms with Gasteiger partial charge in [-0.25, -0.2) is 9.78 Å². The van der Waals surface area contributed by atoms with Gasteiger partial charge in [0.1, 0.15) is 35.4 Å². The number of hydrogen-bond donors (Lipinski definition) is 2. The fourth-order valence-electron chi connectivity index (χ4n) is 2.78. The summed E-state index contributed by atoms with van der Waals surface area (Å²) in [5.41, 5.74) is 1.52. The molecule has 1 fully saturated rings. The minimum Gasteiger partial charge on any atom is -0.467 e. The lowest BCUT2D eigenvalue weighted by Gasteiger charge is -2.26. The Labute approximate surface area is 180 Å². The van der Waals surface area contributed by atoms with Gasteiger partial charge in [-0.2, -0.15) is 10.2 Å². The Morgan fingerprint density at radius 2 is 2.29 bits per heavy atom. The van der Waals surface area contributed by atoms with Crippen molar-refractivity contribution < 1.29 is 19.0 Å². The molecule has 11 nitrogen and oxygen atoms in total. The molecular weight excluding hydrogens is 402 g/mol. The van der Waals surface area contributed by atoms with Gasteiger partial charge in [0.05, 0.1) is 26.5 Å². The molecule has 0 radical (unpaired) electrons. The van der Waals surface area contributed by atoms with Crippen molar-refractivity contribution in [1.29, 1.82) is 5.26 Å². The van der Waals surface area contributed by atoms with Crippen molar-refractivity contribution in [3.63, 3.8) is 0 Å². The van der Waals surface area contributed by atoms with Crippen LogP contribution in [0.15, 0.2) is 24.7 Å². The van der Waals surface area contributed by atoms with Crippen LogP contribution in [-0.4, -0.2) is 52.1 Å². The number of aryl methyl sites for hydroxylation is 1. The molecule has 0 spiro atoms. The highest BCUT2D eigenvalue weighted by Crippen LogP contribution is 2.29. The molecule has 0 aliphatic carbocycles. The van der Waals surface area contributed by atoms with Gasteiger partial charge >= 0.3 is 5.97 Å². The largest absolute Gasteiger partial charge is 0.467 e. The maximum atomic E-state index is 11.9. The third-order valence-electron chi connectivity index (χ3n) is 4.56. The Balaban J connectivity index is 1.89. The van der Waals surface area contributed by atoms with Gasteiger partial charge in [-0.3, -0.25) is 4.68 Å². The molecule has 1 aliphatic rings. The summed E-state index contributed by atoms with van der Waals surface area (Å²) >= 11 is 0. The molecular formula is C20H25N7O4. The molecule has 2 aromatic rings. The highest BCUT2D eigenvalue weighted by Gasteiger charge is 2.26. The van der Waals surface area contributed by atoms with Gasteiger partial charge in [-0.05, 0) is 13.3 Å². The Bertz CT molecular complexity index is 994. The lowest BCUT2D eigenvalue weighted by Crippen LogP contribution is -2.38. The summed E-state index contributed by atoms with van der Waals surface area (Å²) in [5, 5.41) is 19.4. The van der Waals surface area contributed by atoms with Gasteiger partial charge in [0.2, 0.25) is 5.95 Å². The van der Waals surface area contributed by atoms with E-state index in [2.05, 4.69) is 32.3 Å². The summed E-state index contributed by atoms with van der Waals surface area (Å²) in [6, 6.07) is 1.30. The molecule has 1 saturated heterocycles. The molecule has 1 atom stereocenters. The summed E-state index contributed by atoms with van der Waals surface area (Å²) in [6.45, 7) is 8.29. The number of ether oxygens (including phenoxy) is 3. The second-order valence-electron chi connectivity index (χ2n) is 6.96. The quantitative estimate of drug-likeness (QED) is 0.429. The molecule has 2 aromatic heterocycles. The third kappa shape index (κ3) is 5.29. The summed E-state index contributed by atoms with van der Waals surface area (Å²) in [5.74, 6) is 0.625. The first-order chi connectivity index (χ1) is 14.9. The summed E-state index contributed by atoms with van der Waals surface area (Å²) in [6.07, 6.45) is 4.82. The zero-order valence-electron chi connectivity index (χ0n) is 17.7. The van der Waals surface area contributed by atoms with Gasteiger partial charge in [-0.1, -0.05) is 19.9 Å². The molecule has 1 aliphatic heterocycles. The molecule has 11 heteroatoms. The average Bonchev–Trinajstić information content (AvgIpc) is 3.13. The van der Waals surface area contributed by atoms with E-state index in [0.29, 0.717) is 30.6 Å². The first-order valence-electron chi connectivity index (χ1n) is 9.85. The standard InChI is InChI=1S/C20H25N7O4/c1-5-6-14-8-22-20(25-17(14)23-12(2)7-21)24-16-9-27(13(3)19(28)29-4)26-18(16)31-15-10-30-11-15/h8-9,13,15H,2,5-6,10-11H2,1,3-4H3,(H2,22,23,24,25). The lowest BCUT2D eigenvalue weighted by molar-refractivity contribution is -0.144. The predicted octanol–water partition coefficient (Wildman–Crippen LogP) is 2.33. The number of carbonyl (C=O) groups is 1. The van der Waals surface area contributed by atoms with Gasteiger partial charge in [-0.15, -0.1) is 5.10 Å². The maximum Gasteiger partial charge on any atom is 0.330 e. The van der Waals surface area contributed by atoms with E-state index in [1.165, 1.54) is 11.8 Å². The normalized spacial score (nSPS) is 14.1. The number of allylic oxidation sites excluding steroid dienone is 1. The second-order valence-corrected chi connectivity index (χ2v) is 6.96. The molecule has 0 saturated carbocycles. The van der Waals surface area contributed by atoms with Crippen LogP contribution in [0.2, 0.25) is 0 Å². The number of carbonyl (C=O) groups excluding carboxylic acids is 1. The van der Waals surface area contributed by atoms with Crippen LogP contribution in [0.25, 0.3) is 0 Å². The Hall–Kier alpha value is -3.65.